The van der Waals surface area contributed by atoms with Crippen LogP contribution < -0.4 is 5.32 Å². The molecule has 1 heterocycles. The minimum Gasteiger partial charge on any atom is -0.481 e. The molecule has 1 saturated heterocycles. The Morgan fingerprint density at radius 3 is 2.61 bits per heavy atom. The summed E-state index contributed by atoms with van der Waals surface area (Å²) in [5.41, 5.74) is -0.281. The molecule has 5 nitrogen and oxygen atoms in total. The quantitative estimate of drug-likeness (QED) is 0.794. The van der Waals surface area contributed by atoms with Gasteiger partial charge in [-0.1, -0.05) is 0 Å². The molecule has 0 radical (unpaired) electrons. The third kappa shape index (κ3) is 3.02. The molecular formula is C13H21NO4. The minimum absolute atomic E-state index is 0.00764. The number of hydrogen-bond donors (Lipinski definition) is 2. The van der Waals surface area contributed by atoms with Crippen LogP contribution in [0.25, 0.3) is 0 Å². The molecule has 102 valence electrons. The van der Waals surface area contributed by atoms with E-state index in [1.165, 1.54) is 0 Å². The molecule has 0 bridgehead atoms. The maximum atomic E-state index is 12.1. The van der Waals surface area contributed by atoms with Crippen molar-refractivity contribution >= 4 is 11.9 Å². The highest BCUT2D eigenvalue weighted by atomic mass is 16.5. The number of rotatable bonds is 3. The Morgan fingerprint density at radius 2 is 2.06 bits per heavy atom. The van der Waals surface area contributed by atoms with E-state index in [0.29, 0.717) is 25.9 Å². The summed E-state index contributed by atoms with van der Waals surface area (Å²) < 4.78 is 5.40. The number of nitrogens with one attached hydrogen (secondary N) is 1. The number of carboxylic acids is 1. The Morgan fingerprint density at radius 1 is 1.33 bits per heavy atom. The van der Waals surface area contributed by atoms with Gasteiger partial charge in [-0.05, 0) is 39.0 Å². The van der Waals surface area contributed by atoms with Crippen LogP contribution >= 0.6 is 0 Å². The van der Waals surface area contributed by atoms with Crippen molar-refractivity contribution in [3.8, 4) is 0 Å². The molecule has 0 aromatic carbocycles. The van der Waals surface area contributed by atoms with Crippen molar-refractivity contribution in [2.75, 3.05) is 13.2 Å². The van der Waals surface area contributed by atoms with Crippen molar-refractivity contribution in [2.24, 2.45) is 11.8 Å². The lowest BCUT2D eigenvalue weighted by Gasteiger charge is -2.35. The summed E-state index contributed by atoms with van der Waals surface area (Å²) in [6.07, 6.45) is 3.64. The van der Waals surface area contributed by atoms with E-state index in [-0.39, 0.29) is 23.3 Å². The second-order valence-electron chi connectivity index (χ2n) is 5.75. The van der Waals surface area contributed by atoms with Crippen LogP contribution in [0.1, 0.15) is 39.0 Å². The lowest BCUT2D eigenvalue weighted by atomic mass is 9.93. The van der Waals surface area contributed by atoms with Crippen molar-refractivity contribution in [3.63, 3.8) is 0 Å². The van der Waals surface area contributed by atoms with E-state index in [1.807, 2.05) is 6.92 Å². The van der Waals surface area contributed by atoms with Crippen molar-refractivity contribution < 1.29 is 19.4 Å². The highest BCUT2D eigenvalue weighted by molar-refractivity contribution is 5.81. The van der Waals surface area contributed by atoms with Gasteiger partial charge < -0.3 is 15.2 Å². The Kier molecular flexibility index (Phi) is 3.90. The Bertz CT molecular complexity index is 336. The fourth-order valence-corrected chi connectivity index (χ4v) is 2.88. The van der Waals surface area contributed by atoms with Crippen LogP contribution in [0.2, 0.25) is 0 Å². The molecule has 2 fully saturated rings. The summed E-state index contributed by atoms with van der Waals surface area (Å²) in [5, 5.41) is 12.0. The monoisotopic (exact) mass is 255 g/mol. The van der Waals surface area contributed by atoms with Gasteiger partial charge in [-0.3, -0.25) is 9.59 Å². The number of carbonyl (C=O) groups is 2. The third-order valence-corrected chi connectivity index (χ3v) is 4.02. The van der Waals surface area contributed by atoms with Gasteiger partial charge in [0.2, 0.25) is 5.91 Å². The van der Waals surface area contributed by atoms with Gasteiger partial charge in [-0.25, -0.2) is 0 Å². The van der Waals surface area contributed by atoms with Crippen molar-refractivity contribution in [1.82, 2.24) is 5.32 Å². The zero-order chi connectivity index (χ0) is 13.2. The zero-order valence-corrected chi connectivity index (χ0v) is 10.8. The summed E-state index contributed by atoms with van der Waals surface area (Å²) in [4.78, 5) is 23.0. The van der Waals surface area contributed by atoms with Crippen LogP contribution in [-0.2, 0) is 14.3 Å². The molecule has 2 aliphatic rings. The Balaban J connectivity index is 1.87. The van der Waals surface area contributed by atoms with Gasteiger partial charge in [0.1, 0.15) is 0 Å². The number of hydrogen-bond acceptors (Lipinski definition) is 3. The summed E-state index contributed by atoms with van der Waals surface area (Å²) in [6, 6.07) is 0. The minimum atomic E-state index is -0.780. The largest absolute Gasteiger partial charge is 0.481 e. The highest BCUT2D eigenvalue weighted by Gasteiger charge is 2.37. The van der Waals surface area contributed by atoms with Gasteiger partial charge in [0.25, 0.3) is 0 Å². The highest BCUT2D eigenvalue weighted by Crippen LogP contribution is 2.32. The molecule has 1 aliphatic carbocycles. The van der Waals surface area contributed by atoms with Crippen LogP contribution in [0.3, 0.4) is 0 Å². The summed E-state index contributed by atoms with van der Waals surface area (Å²) in [7, 11) is 0. The second-order valence-corrected chi connectivity index (χ2v) is 5.75. The number of ether oxygens (including phenoxy) is 1. The standard InChI is InChI=1S/C13H21NO4/c1-13(5-2-6-18-8-13)14-11(15)9-3-4-10(7-9)12(16)17/h9-10H,2-8H2,1H3,(H,14,15)(H,16,17). The first-order chi connectivity index (χ1) is 8.50. The molecule has 3 atom stereocenters. The van der Waals surface area contributed by atoms with Gasteiger partial charge in [-0.2, -0.15) is 0 Å². The molecule has 1 aliphatic heterocycles. The van der Waals surface area contributed by atoms with Crippen molar-refractivity contribution in [3.05, 3.63) is 0 Å². The summed E-state index contributed by atoms with van der Waals surface area (Å²) >= 11 is 0. The average molecular weight is 255 g/mol. The normalized spacial score (nSPS) is 36.3. The molecule has 1 saturated carbocycles. The maximum Gasteiger partial charge on any atom is 0.306 e. The van der Waals surface area contributed by atoms with E-state index in [4.69, 9.17) is 9.84 Å². The van der Waals surface area contributed by atoms with E-state index in [9.17, 15) is 9.59 Å². The molecule has 5 heteroatoms. The lowest BCUT2D eigenvalue weighted by Crippen LogP contribution is -2.53. The molecule has 0 aromatic heterocycles. The van der Waals surface area contributed by atoms with Crippen LogP contribution in [0.4, 0.5) is 0 Å². The van der Waals surface area contributed by atoms with Crippen LogP contribution in [0.15, 0.2) is 0 Å². The number of carbonyl (C=O) groups excluding carboxylic acids is 1. The van der Waals surface area contributed by atoms with E-state index in [1.54, 1.807) is 0 Å². The summed E-state index contributed by atoms with van der Waals surface area (Å²) in [5.74, 6) is -1.29. The molecule has 0 spiro atoms. The first-order valence-electron chi connectivity index (χ1n) is 6.63. The molecule has 0 aromatic rings. The Labute approximate surface area is 107 Å². The predicted octanol–water partition coefficient (Wildman–Crippen LogP) is 1.17. The molecule has 2 rings (SSSR count). The topological polar surface area (TPSA) is 75.6 Å². The number of amides is 1. The first-order valence-corrected chi connectivity index (χ1v) is 6.63. The second kappa shape index (κ2) is 5.26. The lowest BCUT2D eigenvalue weighted by molar-refractivity contribution is -0.141. The van der Waals surface area contributed by atoms with Crippen LogP contribution in [0, 0.1) is 11.8 Å². The van der Waals surface area contributed by atoms with Crippen LogP contribution in [-0.4, -0.2) is 35.7 Å². The fourth-order valence-electron chi connectivity index (χ4n) is 2.88. The van der Waals surface area contributed by atoms with E-state index in [2.05, 4.69) is 5.32 Å². The smallest absolute Gasteiger partial charge is 0.306 e. The van der Waals surface area contributed by atoms with Crippen molar-refractivity contribution in [1.29, 1.82) is 0 Å². The van der Waals surface area contributed by atoms with Gasteiger partial charge in [0.05, 0.1) is 18.1 Å². The number of carboxylic acid groups (broad SMARTS) is 1. The fraction of sp³-hybridized carbons (Fsp3) is 0.846. The Hall–Kier alpha value is -1.10. The van der Waals surface area contributed by atoms with Gasteiger partial charge >= 0.3 is 5.97 Å². The van der Waals surface area contributed by atoms with E-state index >= 15 is 0 Å². The first kappa shape index (κ1) is 13.3. The van der Waals surface area contributed by atoms with Gasteiger partial charge in [-0.15, -0.1) is 0 Å². The predicted molar refractivity (Wildman–Crippen MR) is 65.1 cm³/mol. The SMILES string of the molecule is CC1(NC(=O)C2CCC(C(=O)O)C2)CCCOC1. The molecule has 3 unspecified atom stereocenters. The molecule has 2 N–H and O–H groups in total. The van der Waals surface area contributed by atoms with Crippen molar-refractivity contribution in [2.45, 2.75) is 44.6 Å². The molecular weight excluding hydrogens is 234 g/mol. The molecule has 18 heavy (non-hydrogen) atoms. The van der Waals surface area contributed by atoms with Gasteiger partial charge in [0.15, 0.2) is 0 Å². The van der Waals surface area contributed by atoms with Gasteiger partial charge in [0, 0.05) is 12.5 Å². The third-order valence-electron chi connectivity index (χ3n) is 4.02. The molecule has 1 amide bonds. The van der Waals surface area contributed by atoms with E-state index < -0.39 is 5.97 Å². The average Bonchev–Trinajstić information content (AvgIpc) is 2.78. The number of aliphatic carboxylic acids is 1. The maximum absolute atomic E-state index is 12.1. The van der Waals surface area contributed by atoms with E-state index in [0.717, 1.165) is 19.4 Å². The zero-order valence-electron chi connectivity index (χ0n) is 10.8. The summed E-state index contributed by atoms with van der Waals surface area (Å²) in [6.45, 7) is 3.30. The van der Waals surface area contributed by atoms with Crippen LogP contribution in [0.5, 0.6) is 0 Å².